The van der Waals surface area contributed by atoms with Crippen LogP contribution in [0, 0.1) is 12.8 Å². The van der Waals surface area contributed by atoms with Gasteiger partial charge in [-0.15, -0.1) is 0 Å². The lowest BCUT2D eigenvalue weighted by Gasteiger charge is -2.26. The molecule has 0 unspecified atom stereocenters. The fourth-order valence-electron chi connectivity index (χ4n) is 4.90. The van der Waals surface area contributed by atoms with Gasteiger partial charge in [-0.25, -0.2) is 18.4 Å². The second-order valence-corrected chi connectivity index (χ2v) is 11.9. The van der Waals surface area contributed by atoms with E-state index >= 15 is 0 Å². The number of pyridine rings is 1. The van der Waals surface area contributed by atoms with Crippen molar-refractivity contribution in [1.29, 1.82) is 0 Å². The highest BCUT2D eigenvalue weighted by Gasteiger charge is 2.21. The van der Waals surface area contributed by atoms with Gasteiger partial charge in [0.05, 0.1) is 17.6 Å². The minimum absolute atomic E-state index is 0.0290. The van der Waals surface area contributed by atoms with Gasteiger partial charge < -0.3 is 15.8 Å². The molecule has 204 valence electrons. The minimum Gasteiger partial charge on any atom is -0.480 e. The van der Waals surface area contributed by atoms with Crippen molar-refractivity contribution in [2.24, 2.45) is 11.7 Å². The van der Waals surface area contributed by atoms with Crippen LogP contribution in [0.4, 0.5) is 11.8 Å². The predicted molar refractivity (Wildman–Crippen MR) is 155 cm³/mol. The summed E-state index contributed by atoms with van der Waals surface area (Å²) in [5, 5.41) is 4.38. The largest absolute Gasteiger partial charge is 0.480 e. The molecule has 2 aromatic carbocycles. The monoisotopic (exact) mass is 566 g/mol. The van der Waals surface area contributed by atoms with Crippen LogP contribution in [0.1, 0.15) is 31.2 Å². The Bertz CT molecular complexity index is 1610. The summed E-state index contributed by atoms with van der Waals surface area (Å²) in [5.41, 5.74) is 9.42. The Balaban J connectivity index is 1.37. The van der Waals surface area contributed by atoms with Crippen molar-refractivity contribution in [3.8, 4) is 17.0 Å². The Kier molecular flexibility index (Phi) is 7.88. The van der Waals surface area contributed by atoms with Crippen molar-refractivity contribution in [2.75, 3.05) is 23.7 Å². The van der Waals surface area contributed by atoms with Crippen molar-refractivity contribution in [3.63, 3.8) is 0 Å². The molecule has 1 fully saturated rings. The summed E-state index contributed by atoms with van der Waals surface area (Å²) in [4.78, 5) is 13.6. The molecule has 9 nitrogen and oxygen atoms in total. The van der Waals surface area contributed by atoms with Gasteiger partial charge in [0.25, 0.3) is 10.0 Å². The number of methoxy groups -OCH3 is 1. The molecule has 0 spiro atoms. The molecule has 2 heterocycles. The number of aryl methyl sites for hydroxylation is 1. The quantitative estimate of drug-likeness (QED) is 0.258. The van der Waals surface area contributed by atoms with E-state index in [1.165, 1.54) is 19.2 Å². The highest BCUT2D eigenvalue weighted by Crippen LogP contribution is 2.35. The van der Waals surface area contributed by atoms with Crippen LogP contribution < -0.4 is 20.5 Å². The van der Waals surface area contributed by atoms with Gasteiger partial charge in [-0.1, -0.05) is 23.7 Å². The fraction of sp³-hybridized carbons (Fsp3) is 0.321. The lowest BCUT2D eigenvalue weighted by molar-refractivity contribution is 0.338. The van der Waals surface area contributed by atoms with E-state index in [1.54, 1.807) is 30.5 Å². The van der Waals surface area contributed by atoms with Gasteiger partial charge in [0, 0.05) is 29.7 Å². The first kappa shape index (κ1) is 27.1. The number of rotatable bonds is 8. The average molecular weight is 567 g/mol. The van der Waals surface area contributed by atoms with Crippen LogP contribution in [-0.2, 0) is 10.0 Å². The van der Waals surface area contributed by atoms with Crippen LogP contribution in [0.15, 0.2) is 59.6 Å². The summed E-state index contributed by atoms with van der Waals surface area (Å²) in [6.07, 6.45) is 6.19. The molecule has 0 bridgehead atoms. The van der Waals surface area contributed by atoms with E-state index in [-0.39, 0.29) is 21.6 Å². The average Bonchev–Trinajstić information content (AvgIpc) is 2.92. The van der Waals surface area contributed by atoms with Crippen LogP contribution in [-0.4, -0.2) is 43.1 Å². The normalized spacial score (nSPS) is 17.6. The summed E-state index contributed by atoms with van der Waals surface area (Å²) in [5.74, 6) is 1.60. The van der Waals surface area contributed by atoms with E-state index in [0.717, 1.165) is 59.8 Å². The molecule has 4 N–H and O–H groups in total. The molecule has 0 radical (unpaired) electrons. The number of aromatic nitrogens is 3. The van der Waals surface area contributed by atoms with E-state index in [0.29, 0.717) is 17.9 Å². The van der Waals surface area contributed by atoms with Crippen molar-refractivity contribution < 1.29 is 13.2 Å². The van der Waals surface area contributed by atoms with Crippen LogP contribution in [0.25, 0.3) is 22.0 Å². The highest BCUT2D eigenvalue weighted by atomic mass is 35.5. The first-order chi connectivity index (χ1) is 18.7. The van der Waals surface area contributed by atoms with Gasteiger partial charge in [0.2, 0.25) is 11.8 Å². The third-order valence-electron chi connectivity index (χ3n) is 7.08. The summed E-state index contributed by atoms with van der Waals surface area (Å²) in [6, 6.07) is 13.9. The number of nitrogens with zero attached hydrogens (tertiary/aromatic N) is 3. The number of nitrogens with one attached hydrogen (secondary N) is 2. The van der Waals surface area contributed by atoms with Gasteiger partial charge in [0.15, 0.2) is 0 Å². The molecule has 4 aromatic rings. The molecule has 2 aromatic heterocycles. The maximum atomic E-state index is 12.9. The van der Waals surface area contributed by atoms with Crippen molar-refractivity contribution in [2.45, 2.75) is 43.5 Å². The molecule has 1 saturated carbocycles. The number of sulfonamides is 1. The number of anilines is 2. The molecule has 0 saturated heterocycles. The van der Waals surface area contributed by atoms with Crippen LogP contribution in [0.3, 0.4) is 0 Å². The zero-order valence-corrected chi connectivity index (χ0v) is 23.4. The molecule has 0 atom stereocenters. The van der Waals surface area contributed by atoms with Gasteiger partial charge in [-0.3, -0.25) is 4.72 Å². The Morgan fingerprint density at radius 3 is 2.56 bits per heavy atom. The smallest absolute Gasteiger partial charge is 0.264 e. The molecule has 5 rings (SSSR count). The highest BCUT2D eigenvalue weighted by molar-refractivity contribution is 7.92. The molecule has 0 amide bonds. The lowest BCUT2D eigenvalue weighted by atomic mass is 9.86. The summed E-state index contributed by atoms with van der Waals surface area (Å²) >= 11 is 6.09. The van der Waals surface area contributed by atoms with Crippen LogP contribution in [0.5, 0.6) is 5.88 Å². The second-order valence-electron chi connectivity index (χ2n) is 9.87. The zero-order chi connectivity index (χ0) is 27.6. The summed E-state index contributed by atoms with van der Waals surface area (Å²) in [7, 11) is -2.43. The Hall–Kier alpha value is -3.47. The van der Waals surface area contributed by atoms with E-state index in [9.17, 15) is 8.42 Å². The maximum absolute atomic E-state index is 12.9. The summed E-state index contributed by atoms with van der Waals surface area (Å²) in [6.45, 7) is 2.83. The number of hydrogen-bond acceptors (Lipinski definition) is 8. The number of benzene rings is 2. The van der Waals surface area contributed by atoms with E-state index in [4.69, 9.17) is 27.1 Å². The van der Waals surface area contributed by atoms with Crippen molar-refractivity contribution in [3.05, 3.63) is 65.3 Å². The standard InChI is InChI=1S/C28H31ClN6O3S/c1-17-13-24-19(16-32-28(33-24)31-15-18-7-9-20(30)10-8-18)14-22(17)21-11-12-26(34-27(21)38-2)35-39(36,37)25-6-4-3-5-23(25)29/h3-6,11-14,16,18,20H,7-10,15,30H2,1-2H3,(H,34,35)(H,31,32,33). The molecular formula is C28H31ClN6O3S. The topological polar surface area (TPSA) is 132 Å². The zero-order valence-electron chi connectivity index (χ0n) is 21.8. The molecule has 1 aliphatic carbocycles. The number of ether oxygens (including phenoxy) is 1. The predicted octanol–water partition coefficient (Wildman–Crippen LogP) is 5.39. The Morgan fingerprint density at radius 2 is 1.82 bits per heavy atom. The molecule has 1 aliphatic rings. The molecule has 11 heteroatoms. The SMILES string of the molecule is COc1nc(NS(=O)(=O)c2ccccc2Cl)ccc1-c1cc2cnc(NCC3CCC(N)CC3)nc2cc1C. The van der Waals surface area contributed by atoms with Crippen LogP contribution in [0.2, 0.25) is 5.02 Å². The Morgan fingerprint density at radius 1 is 1.05 bits per heavy atom. The lowest BCUT2D eigenvalue weighted by Crippen LogP contribution is -2.29. The maximum Gasteiger partial charge on any atom is 0.264 e. The van der Waals surface area contributed by atoms with Gasteiger partial charge in [-0.2, -0.15) is 4.98 Å². The fourth-order valence-corrected chi connectivity index (χ4v) is 6.42. The molecule has 0 aliphatic heterocycles. The third kappa shape index (κ3) is 6.08. The van der Waals surface area contributed by atoms with Gasteiger partial charge >= 0.3 is 0 Å². The third-order valence-corrected chi connectivity index (χ3v) is 8.93. The van der Waals surface area contributed by atoms with Gasteiger partial charge in [-0.05, 0) is 86.1 Å². The molecular weight excluding hydrogens is 536 g/mol. The van der Waals surface area contributed by atoms with Gasteiger partial charge in [0.1, 0.15) is 10.7 Å². The number of hydrogen-bond donors (Lipinski definition) is 3. The first-order valence-electron chi connectivity index (χ1n) is 12.8. The summed E-state index contributed by atoms with van der Waals surface area (Å²) < 4.78 is 33.7. The molecule has 39 heavy (non-hydrogen) atoms. The number of fused-ring (bicyclic) bond motifs is 1. The number of halogens is 1. The van der Waals surface area contributed by atoms with E-state index in [1.807, 2.05) is 19.1 Å². The van der Waals surface area contributed by atoms with Crippen molar-refractivity contribution >= 4 is 44.3 Å². The van der Waals surface area contributed by atoms with E-state index < -0.39 is 10.0 Å². The van der Waals surface area contributed by atoms with Crippen molar-refractivity contribution in [1.82, 2.24) is 15.0 Å². The van der Waals surface area contributed by atoms with Crippen LogP contribution >= 0.6 is 11.6 Å². The minimum atomic E-state index is -3.93. The first-order valence-corrected chi connectivity index (χ1v) is 14.7. The second kappa shape index (κ2) is 11.3. The van der Waals surface area contributed by atoms with E-state index in [2.05, 4.69) is 20.0 Å². The Labute approximate surface area is 233 Å². The number of nitrogens with two attached hydrogens (primary N) is 1.